The minimum atomic E-state index is -0.520. The molecule has 0 bridgehead atoms. The van der Waals surface area contributed by atoms with Crippen LogP contribution in [0.2, 0.25) is 0 Å². The van der Waals surface area contributed by atoms with E-state index in [-0.39, 0.29) is 0 Å². The predicted octanol–water partition coefficient (Wildman–Crippen LogP) is 3.29. The van der Waals surface area contributed by atoms with Crippen LogP contribution in [-0.4, -0.2) is 21.1 Å². The summed E-state index contributed by atoms with van der Waals surface area (Å²) in [6.45, 7) is 0. The van der Waals surface area contributed by atoms with Crippen LogP contribution in [0.1, 0.15) is 22.2 Å². The summed E-state index contributed by atoms with van der Waals surface area (Å²) in [6, 6.07) is 19.3. The van der Waals surface area contributed by atoms with Crippen LogP contribution in [0, 0.1) is 0 Å². The first-order valence-electron chi connectivity index (χ1n) is 7.39. The van der Waals surface area contributed by atoms with E-state index >= 15 is 0 Å². The number of nitrogens with zero attached hydrogens (tertiary/aromatic N) is 2. The van der Waals surface area contributed by atoms with E-state index in [4.69, 9.17) is 5.73 Å². The highest BCUT2D eigenvalue weighted by Gasteiger charge is 2.21. The maximum Gasteiger partial charge on any atom is 0.235 e. The Labute approximate surface area is 144 Å². The lowest BCUT2D eigenvalue weighted by Crippen LogP contribution is -2.19. The predicted molar refractivity (Wildman–Crippen MR) is 96.0 cm³/mol. The normalized spacial score (nSPS) is 12.3. The minimum Gasteiger partial charge on any atom is -0.368 e. The molecule has 1 amide bonds. The number of carbonyl (C=O) groups is 1. The van der Waals surface area contributed by atoms with Crippen LogP contribution in [0.15, 0.2) is 65.8 Å². The molecule has 1 unspecified atom stereocenters. The number of aromatic amines is 1. The number of aromatic nitrogens is 3. The molecule has 1 aromatic heterocycles. The van der Waals surface area contributed by atoms with Gasteiger partial charge in [0.25, 0.3) is 0 Å². The number of thioether (sulfide) groups is 1. The van der Waals surface area contributed by atoms with Crippen LogP contribution in [0.25, 0.3) is 12.2 Å². The number of amides is 1. The highest BCUT2D eigenvalue weighted by Crippen LogP contribution is 2.32. The zero-order chi connectivity index (χ0) is 16.8. The van der Waals surface area contributed by atoms with Crippen molar-refractivity contribution >= 4 is 29.8 Å². The summed E-state index contributed by atoms with van der Waals surface area (Å²) in [4.78, 5) is 16.1. The van der Waals surface area contributed by atoms with Gasteiger partial charge in [-0.3, -0.25) is 9.89 Å². The molecule has 3 rings (SSSR count). The fourth-order valence-electron chi connectivity index (χ4n) is 2.15. The van der Waals surface area contributed by atoms with Gasteiger partial charge in [-0.15, -0.1) is 5.10 Å². The molecule has 6 heteroatoms. The second-order valence-electron chi connectivity index (χ2n) is 5.06. The van der Waals surface area contributed by atoms with Crippen LogP contribution in [0.3, 0.4) is 0 Å². The summed E-state index contributed by atoms with van der Waals surface area (Å²) in [5.74, 6) is 0.204. The quantitative estimate of drug-likeness (QED) is 0.676. The minimum absolute atomic E-state index is 0.419. The SMILES string of the molecule is NC(=O)C(Sc1n[nH]c(/C=C/c2ccccc2)n1)c1ccccc1. The number of hydrogen-bond acceptors (Lipinski definition) is 4. The Morgan fingerprint density at radius 2 is 1.71 bits per heavy atom. The van der Waals surface area contributed by atoms with Crippen molar-refractivity contribution in [3.63, 3.8) is 0 Å². The van der Waals surface area contributed by atoms with Gasteiger partial charge >= 0.3 is 0 Å². The molecule has 120 valence electrons. The first-order chi connectivity index (χ1) is 11.7. The summed E-state index contributed by atoms with van der Waals surface area (Å²) >= 11 is 1.23. The Morgan fingerprint density at radius 1 is 1.04 bits per heavy atom. The Morgan fingerprint density at radius 3 is 2.38 bits per heavy atom. The molecule has 2 aromatic carbocycles. The average Bonchev–Trinajstić information content (AvgIpc) is 3.07. The van der Waals surface area contributed by atoms with Gasteiger partial charge in [-0.05, 0) is 17.2 Å². The Kier molecular flexibility index (Phi) is 5.08. The summed E-state index contributed by atoms with van der Waals surface area (Å²) < 4.78 is 0. The van der Waals surface area contributed by atoms with Crippen molar-refractivity contribution in [2.45, 2.75) is 10.4 Å². The number of hydrogen-bond donors (Lipinski definition) is 2. The molecule has 0 aliphatic heterocycles. The molecule has 1 heterocycles. The van der Waals surface area contributed by atoms with Crippen LogP contribution in [0.4, 0.5) is 0 Å². The van der Waals surface area contributed by atoms with E-state index in [9.17, 15) is 4.79 Å². The highest BCUT2D eigenvalue weighted by atomic mass is 32.2. The molecule has 0 radical (unpaired) electrons. The monoisotopic (exact) mass is 336 g/mol. The van der Waals surface area contributed by atoms with Crippen molar-refractivity contribution in [2.75, 3.05) is 0 Å². The molecule has 0 aliphatic rings. The highest BCUT2D eigenvalue weighted by molar-refractivity contribution is 8.00. The maximum atomic E-state index is 11.7. The zero-order valence-corrected chi connectivity index (χ0v) is 13.6. The topological polar surface area (TPSA) is 84.7 Å². The lowest BCUT2D eigenvalue weighted by Gasteiger charge is -2.10. The van der Waals surface area contributed by atoms with Gasteiger partial charge in [0.15, 0.2) is 0 Å². The molecule has 0 saturated carbocycles. The van der Waals surface area contributed by atoms with E-state index in [1.165, 1.54) is 11.8 Å². The third kappa shape index (κ3) is 4.11. The van der Waals surface area contributed by atoms with Gasteiger partial charge in [-0.2, -0.15) is 0 Å². The van der Waals surface area contributed by atoms with Gasteiger partial charge in [-0.1, -0.05) is 78.5 Å². The molecule has 24 heavy (non-hydrogen) atoms. The average molecular weight is 336 g/mol. The van der Waals surface area contributed by atoms with Gasteiger partial charge in [0.1, 0.15) is 11.1 Å². The fourth-order valence-corrected chi connectivity index (χ4v) is 3.02. The third-order valence-corrected chi connectivity index (χ3v) is 4.43. The molecular weight excluding hydrogens is 320 g/mol. The van der Waals surface area contributed by atoms with Gasteiger partial charge in [0.2, 0.25) is 11.1 Å². The number of nitrogens with two attached hydrogens (primary N) is 1. The summed E-state index contributed by atoms with van der Waals surface area (Å²) in [5.41, 5.74) is 7.42. The molecule has 3 N–H and O–H groups in total. The molecule has 5 nitrogen and oxygen atoms in total. The van der Waals surface area contributed by atoms with Gasteiger partial charge in [0.05, 0.1) is 0 Å². The molecule has 0 fully saturated rings. The second kappa shape index (κ2) is 7.61. The van der Waals surface area contributed by atoms with E-state index in [1.807, 2.05) is 72.8 Å². The fraction of sp³-hybridized carbons (Fsp3) is 0.0556. The van der Waals surface area contributed by atoms with Crippen LogP contribution in [-0.2, 0) is 4.79 Å². The molecule has 1 atom stereocenters. The van der Waals surface area contributed by atoms with Gasteiger partial charge in [-0.25, -0.2) is 4.98 Å². The van der Waals surface area contributed by atoms with E-state index < -0.39 is 11.2 Å². The van der Waals surface area contributed by atoms with Crippen molar-refractivity contribution in [1.82, 2.24) is 15.2 Å². The number of H-pyrrole nitrogens is 1. The first-order valence-corrected chi connectivity index (χ1v) is 8.27. The van der Waals surface area contributed by atoms with Crippen molar-refractivity contribution < 1.29 is 4.79 Å². The standard InChI is InChI=1S/C18H16N4OS/c19-17(23)16(14-9-5-2-6-10-14)24-18-20-15(21-22-18)12-11-13-7-3-1-4-8-13/h1-12,16H,(H2,19,23)(H,20,21,22)/b12-11+. The van der Waals surface area contributed by atoms with Crippen molar-refractivity contribution in [3.05, 3.63) is 77.6 Å². The molecule has 0 saturated heterocycles. The van der Waals surface area contributed by atoms with E-state index in [0.29, 0.717) is 11.0 Å². The summed E-state index contributed by atoms with van der Waals surface area (Å²) in [5, 5.41) is 6.96. The van der Waals surface area contributed by atoms with Gasteiger partial charge in [0, 0.05) is 0 Å². The van der Waals surface area contributed by atoms with Crippen LogP contribution in [0.5, 0.6) is 0 Å². The third-order valence-electron chi connectivity index (χ3n) is 3.30. The van der Waals surface area contributed by atoms with Gasteiger partial charge < -0.3 is 5.73 Å². The number of carbonyl (C=O) groups excluding carboxylic acids is 1. The lowest BCUT2D eigenvalue weighted by atomic mass is 10.1. The number of rotatable bonds is 6. The molecule has 0 aliphatic carbocycles. The first kappa shape index (κ1) is 16.0. The molecular formula is C18H16N4OS. The maximum absolute atomic E-state index is 11.7. The van der Waals surface area contributed by atoms with E-state index in [2.05, 4.69) is 15.2 Å². The van der Waals surface area contributed by atoms with Crippen molar-refractivity contribution in [3.8, 4) is 0 Å². The van der Waals surface area contributed by atoms with Crippen molar-refractivity contribution in [2.24, 2.45) is 5.73 Å². The molecule has 3 aromatic rings. The van der Waals surface area contributed by atoms with E-state index in [1.54, 1.807) is 0 Å². The van der Waals surface area contributed by atoms with Crippen LogP contribution < -0.4 is 5.73 Å². The summed E-state index contributed by atoms with van der Waals surface area (Å²) in [6.07, 6.45) is 3.78. The smallest absolute Gasteiger partial charge is 0.235 e. The number of primary amides is 1. The number of benzene rings is 2. The lowest BCUT2D eigenvalue weighted by molar-refractivity contribution is -0.117. The summed E-state index contributed by atoms with van der Waals surface area (Å²) in [7, 11) is 0. The number of nitrogens with one attached hydrogen (secondary N) is 1. The zero-order valence-electron chi connectivity index (χ0n) is 12.8. The molecule has 0 spiro atoms. The van der Waals surface area contributed by atoms with E-state index in [0.717, 1.165) is 11.1 Å². The van der Waals surface area contributed by atoms with Crippen LogP contribution >= 0.6 is 11.8 Å². The Bertz CT molecular complexity index is 830. The van der Waals surface area contributed by atoms with Crippen molar-refractivity contribution in [1.29, 1.82) is 0 Å². The largest absolute Gasteiger partial charge is 0.368 e. The Hall–Kier alpha value is -2.86. The second-order valence-corrected chi connectivity index (χ2v) is 6.13. The Balaban J connectivity index is 1.73.